The lowest BCUT2D eigenvalue weighted by Gasteiger charge is -2.27. The Morgan fingerprint density at radius 3 is 2.72 bits per heavy atom. The van der Waals surface area contributed by atoms with Gasteiger partial charge < -0.3 is 20.0 Å². The maximum absolute atomic E-state index is 13.4. The lowest BCUT2D eigenvalue weighted by atomic mass is 10.0. The molecule has 9 nitrogen and oxygen atoms in total. The van der Waals surface area contributed by atoms with Gasteiger partial charge in [-0.3, -0.25) is 14.3 Å². The van der Waals surface area contributed by atoms with Crippen molar-refractivity contribution in [2.75, 3.05) is 39.5 Å². The van der Waals surface area contributed by atoms with Crippen LogP contribution in [-0.4, -0.2) is 76.6 Å². The van der Waals surface area contributed by atoms with E-state index in [4.69, 9.17) is 11.6 Å². The molecule has 0 spiro atoms. The Balaban J connectivity index is 1.58. The summed E-state index contributed by atoms with van der Waals surface area (Å²) in [5.74, 6) is -1.25. The van der Waals surface area contributed by atoms with Crippen molar-refractivity contribution in [3.8, 4) is 0 Å². The number of carbonyl (C=O) groups is 3. The molecule has 0 radical (unpaired) electrons. The van der Waals surface area contributed by atoms with Crippen LogP contribution in [0.4, 0.5) is 14.9 Å². The number of nitrogens with one attached hydrogen (secondary N) is 1. The Labute approximate surface area is 189 Å². The first-order valence-electron chi connectivity index (χ1n) is 10.2. The third kappa shape index (κ3) is 4.02. The lowest BCUT2D eigenvalue weighted by molar-refractivity contribution is -0.133. The van der Waals surface area contributed by atoms with E-state index < -0.39 is 11.7 Å². The fraction of sp³-hybridized carbons (Fsp3) is 0.429. The molecule has 4 rings (SSSR count). The number of fused-ring (bicyclic) bond motifs is 3. The van der Waals surface area contributed by atoms with Crippen molar-refractivity contribution in [1.29, 1.82) is 0 Å². The summed E-state index contributed by atoms with van der Waals surface area (Å²) in [5, 5.41) is 7.24. The second kappa shape index (κ2) is 8.42. The number of benzene rings is 1. The predicted molar refractivity (Wildman–Crippen MR) is 116 cm³/mol. The van der Waals surface area contributed by atoms with Gasteiger partial charge in [0.1, 0.15) is 11.5 Å². The molecule has 0 aliphatic carbocycles. The smallest absolute Gasteiger partial charge is 0.322 e. The highest BCUT2D eigenvalue weighted by atomic mass is 35.5. The highest BCUT2D eigenvalue weighted by Gasteiger charge is 2.36. The molecule has 2 aliphatic rings. The van der Waals surface area contributed by atoms with Gasteiger partial charge in [-0.2, -0.15) is 5.10 Å². The number of aromatic nitrogens is 2. The molecule has 3 heterocycles. The van der Waals surface area contributed by atoms with Crippen molar-refractivity contribution >= 4 is 35.1 Å². The van der Waals surface area contributed by atoms with Crippen LogP contribution in [0.25, 0.3) is 0 Å². The normalized spacial score (nSPS) is 18.0. The van der Waals surface area contributed by atoms with Crippen LogP contribution in [-0.2, 0) is 24.3 Å². The molecule has 1 N–H and O–H groups in total. The Morgan fingerprint density at radius 2 is 2.03 bits per heavy atom. The van der Waals surface area contributed by atoms with Crippen LogP contribution in [0, 0.1) is 11.7 Å². The molecule has 2 aliphatic heterocycles. The summed E-state index contributed by atoms with van der Waals surface area (Å²) in [4.78, 5) is 43.1. The first-order valence-corrected chi connectivity index (χ1v) is 10.6. The van der Waals surface area contributed by atoms with E-state index in [0.29, 0.717) is 43.0 Å². The Bertz CT molecular complexity index is 1100. The Hall–Kier alpha value is -3.14. The van der Waals surface area contributed by atoms with E-state index >= 15 is 0 Å². The standard InChI is InChI=1S/C21H24ClFN6O3/c1-26(2)19(30)12-9-27(3)20(31)18-14-11-28(7-6-17(14)25-29(18)10-12)21(32)24-13-4-5-16(23)15(22)8-13/h4-5,8,12H,6-7,9-11H2,1-3H3,(H,24,32). The van der Waals surface area contributed by atoms with Gasteiger partial charge in [-0.15, -0.1) is 0 Å². The van der Waals surface area contributed by atoms with Crippen molar-refractivity contribution in [2.45, 2.75) is 19.5 Å². The molecule has 4 amide bonds. The SMILES string of the molecule is CN(C)C(=O)C1CN(C)C(=O)c2c3c(nn2C1)CCN(C(=O)Nc1ccc(F)c(Cl)c1)C3. The molecule has 1 atom stereocenters. The monoisotopic (exact) mass is 462 g/mol. The molecule has 0 fully saturated rings. The van der Waals surface area contributed by atoms with E-state index in [1.165, 1.54) is 28.0 Å². The number of nitrogens with zero attached hydrogens (tertiary/aromatic N) is 5. The molecule has 1 aromatic heterocycles. The average molecular weight is 463 g/mol. The average Bonchev–Trinajstić information content (AvgIpc) is 3.05. The minimum absolute atomic E-state index is 0.0649. The number of halogens is 2. The maximum atomic E-state index is 13.4. The number of anilines is 1. The minimum Gasteiger partial charge on any atom is -0.348 e. The molecular formula is C21H24ClFN6O3. The summed E-state index contributed by atoms with van der Waals surface area (Å²) in [5.41, 5.74) is 2.24. The van der Waals surface area contributed by atoms with Crippen LogP contribution in [0.1, 0.15) is 21.7 Å². The summed E-state index contributed by atoms with van der Waals surface area (Å²) in [6.45, 7) is 1.21. The molecule has 32 heavy (non-hydrogen) atoms. The van der Waals surface area contributed by atoms with Gasteiger partial charge in [-0.25, -0.2) is 9.18 Å². The van der Waals surface area contributed by atoms with E-state index in [1.54, 1.807) is 30.7 Å². The largest absolute Gasteiger partial charge is 0.348 e. The first kappa shape index (κ1) is 22.1. The summed E-state index contributed by atoms with van der Waals surface area (Å²) < 4.78 is 15.0. The van der Waals surface area contributed by atoms with Gasteiger partial charge in [-0.1, -0.05) is 11.6 Å². The molecule has 0 saturated heterocycles. The summed E-state index contributed by atoms with van der Waals surface area (Å²) >= 11 is 5.79. The Morgan fingerprint density at radius 1 is 1.28 bits per heavy atom. The van der Waals surface area contributed by atoms with Crippen molar-refractivity contribution in [3.63, 3.8) is 0 Å². The zero-order chi connectivity index (χ0) is 23.2. The zero-order valence-electron chi connectivity index (χ0n) is 18.1. The molecule has 1 aromatic carbocycles. The second-order valence-electron chi connectivity index (χ2n) is 8.30. The second-order valence-corrected chi connectivity index (χ2v) is 8.71. The number of hydrogen-bond donors (Lipinski definition) is 1. The third-order valence-electron chi connectivity index (χ3n) is 5.79. The first-order chi connectivity index (χ1) is 15.2. The number of rotatable bonds is 2. The molecule has 2 aromatic rings. The van der Waals surface area contributed by atoms with Gasteiger partial charge >= 0.3 is 6.03 Å². The van der Waals surface area contributed by atoms with E-state index in [0.717, 1.165) is 5.69 Å². The summed E-state index contributed by atoms with van der Waals surface area (Å²) in [6.07, 6.45) is 0.482. The topological polar surface area (TPSA) is 90.8 Å². The van der Waals surface area contributed by atoms with Gasteiger partial charge in [0.05, 0.1) is 29.7 Å². The molecule has 170 valence electrons. The lowest BCUT2D eigenvalue weighted by Crippen LogP contribution is -2.40. The highest BCUT2D eigenvalue weighted by molar-refractivity contribution is 6.31. The van der Waals surface area contributed by atoms with Crippen LogP contribution in [0.5, 0.6) is 0 Å². The Kier molecular flexibility index (Phi) is 5.81. The molecule has 0 saturated carbocycles. The summed E-state index contributed by atoms with van der Waals surface area (Å²) in [6, 6.07) is 3.58. The molecule has 11 heteroatoms. The van der Waals surface area contributed by atoms with E-state index in [9.17, 15) is 18.8 Å². The van der Waals surface area contributed by atoms with E-state index in [-0.39, 0.29) is 29.4 Å². The third-order valence-corrected chi connectivity index (χ3v) is 6.08. The van der Waals surface area contributed by atoms with Gasteiger partial charge in [0.25, 0.3) is 5.91 Å². The molecular weight excluding hydrogens is 439 g/mol. The van der Waals surface area contributed by atoms with Crippen molar-refractivity contribution in [3.05, 3.63) is 46.0 Å². The van der Waals surface area contributed by atoms with Gasteiger partial charge in [0, 0.05) is 51.9 Å². The molecule has 1 unspecified atom stereocenters. The number of hydrogen-bond acceptors (Lipinski definition) is 4. The van der Waals surface area contributed by atoms with Crippen molar-refractivity contribution in [1.82, 2.24) is 24.5 Å². The maximum Gasteiger partial charge on any atom is 0.322 e. The van der Waals surface area contributed by atoms with Crippen LogP contribution >= 0.6 is 11.6 Å². The fourth-order valence-corrected chi connectivity index (χ4v) is 4.31. The van der Waals surface area contributed by atoms with Gasteiger partial charge in [0.2, 0.25) is 5.91 Å². The van der Waals surface area contributed by atoms with Gasteiger partial charge in [0.15, 0.2) is 0 Å². The van der Waals surface area contributed by atoms with E-state index in [2.05, 4.69) is 10.4 Å². The zero-order valence-corrected chi connectivity index (χ0v) is 18.8. The fourth-order valence-electron chi connectivity index (χ4n) is 4.13. The van der Waals surface area contributed by atoms with E-state index in [1.807, 2.05) is 0 Å². The quantitative estimate of drug-likeness (QED) is 0.739. The molecule has 0 bridgehead atoms. The van der Waals surface area contributed by atoms with Crippen molar-refractivity contribution in [2.24, 2.45) is 5.92 Å². The number of amides is 4. The summed E-state index contributed by atoms with van der Waals surface area (Å²) in [7, 11) is 5.04. The predicted octanol–water partition coefficient (Wildman–Crippen LogP) is 2.06. The highest BCUT2D eigenvalue weighted by Crippen LogP contribution is 2.28. The minimum atomic E-state index is -0.566. The number of urea groups is 1. The van der Waals surface area contributed by atoms with Gasteiger partial charge in [-0.05, 0) is 18.2 Å². The van der Waals surface area contributed by atoms with Crippen LogP contribution in [0.3, 0.4) is 0 Å². The van der Waals surface area contributed by atoms with Crippen LogP contribution in [0.15, 0.2) is 18.2 Å². The number of carbonyl (C=O) groups excluding carboxylic acids is 3. The van der Waals surface area contributed by atoms with Crippen LogP contribution < -0.4 is 5.32 Å². The van der Waals surface area contributed by atoms with Crippen LogP contribution in [0.2, 0.25) is 5.02 Å². The van der Waals surface area contributed by atoms with Crippen molar-refractivity contribution < 1.29 is 18.8 Å².